The number of aromatic nitrogens is 4. The molecule has 2 aromatic rings. The number of anilines is 1. The summed E-state index contributed by atoms with van der Waals surface area (Å²) in [6, 6.07) is 0.345. The Morgan fingerprint density at radius 1 is 1.18 bits per heavy atom. The predicted molar refractivity (Wildman–Crippen MR) is 86.7 cm³/mol. The van der Waals surface area contributed by atoms with E-state index in [9.17, 15) is 0 Å². The third kappa shape index (κ3) is 3.82. The van der Waals surface area contributed by atoms with E-state index in [4.69, 9.17) is 0 Å². The second-order valence-electron chi connectivity index (χ2n) is 6.11. The second-order valence-corrected chi connectivity index (χ2v) is 6.11. The van der Waals surface area contributed by atoms with Gasteiger partial charge in [-0.15, -0.1) is 0 Å². The highest BCUT2D eigenvalue weighted by Gasteiger charge is 2.14. The van der Waals surface area contributed by atoms with E-state index in [0.29, 0.717) is 6.04 Å². The summed E-state index contributed by atoms with van der Waals surface area (Å²) < 4.78 is 1.97. The highest BCUT2D eigenvalue weighted by molar-refractivity contribution is 5.30. The van der Waals surface area contributed by atoms with Crippen LogP contribution in [-0.4, -0.2) is 38.9 Å². The molecule has 6 heteroatoms. The average molecular weight is 300 g/mol. The highest BCUT2D eigenvalue weighted by Crippen LogP contribution is 2.14. The fraction of sp³-hybridized carbons (Fsp3) is 0.562. The van der Waals surface area contributed by atoms with Gasteiger partial charge in [0.1, 0.15) is 0 Å². The van der Waals surface area contributed by atoms with Crippen LogP contribution in [0.2, 0.25) is 0 Å². The van der Waals surface area contributed by atoms with E-state index in [2.05, 4.69) is 45.3 Å². The van der Waals surface area contributed by atoms with Crippen LogP contribution in [-0.2, 0) is 13.1 Å². The minimum absolute atomic E-state index is 0.345. The summed E-state index contributed by atoms with van der Waals surface area (Å²) >= 11 is 0. The van der Waals surface area contributed by atoms with Gasteiger partial charge in [-0.1, -0.05) is 0 Å². The maximum Gasteiger partial charge on any atom is 0.225 e. The first-order valence-electron chi connectivity index (χ1n) is 7.99. The summed E-state index contributed by atoms with van der Waals surface area (Å²) in [5.41, 5.74) is 2.31. The summed E-state index contributed by atoms with van der Waals surface area (Å²) in [7, 11) is 0. The normalized spacial score (nSPS) is 16.2. The number of aryl methyl sites for hydroxylation is 1. The van der Waals surface area contributed by atoms with Crippen LogP contribution in [0.15, 0.2) is 24.8 Å². The average Bonchev–Trinajstić information content (AvgIpc) is 3.18. The van der Waals surface area contributed by atoms with Gasteiger partial charge in [-0.3, -0.25) is 4.68 Å². The molecular weight excluding hydrogens is 276 g/mol. The van der Waals surface area contributed by atoms with E-state index in [1.54, 1.807) is 0 Å². The molecule has 2 aromatic heterocycles. The lowest BCUT2D eigenvalue weighted by atomic mass is 10.3. The van der Waals surface area contributed by atoms with Crippen LogP contribution >= 0.6 is 0 Å². The molecule has 1 saturated heterocycles. The van der Waals surface area contributed by atoms with Crippen LogP contribution in [0.5, 0.6) is 0 Å². The molecule has 0 bridgehead atoms. The Labute approximate surface area is 131 Å². The summed E-state index contributed by atoms with van der Waals surface area (Å²) in [5, 5.41) is 7.80. The Bertz CT molecular complexity index is 585. The number of hydrogen-bond acceptors (Lipinski definition) is 5. The molecule has 0 aliphatic carbocycles. The van der Waals surface area contributed by atoms with Crippen LogP contribution in [0.1, 0.15) is 30.9 Å². The van der Waals surface area contributed by atoms with Gasteiger partial charge in [0.2, 0.25) is 5.95 Å². The molecule has 0 amide bonds. The molecule has 0 radical (unpaired) electrons. The van der Waals surface area contributed by atoms with Gasteiger partial charge in [0, 0.05) is 49.8 Å². The van der Waals surface area contributed by atoms with Crippen LogP contribution in [0.25, 0.3) is 0 Å². The van der Waals surface area contributed by atoms with Crippen molar-refractivity contribution in [2.75, 3.05) is 18.0 Å². The van der Waals surface area contributed by atoms with Gasteiger partial charge in [-0.25, -0.2) is 9.97 Å². The van der Waals surface area contributed by atoms with Crippen LogP contribution in [0.4, 0.5) is 5.95 Å². The minimum atomic E-state index is 0.345. The van der Waals surface area contributed by atoms with Crippen molar-refractivity contribution in [1.29, 1.82) is 0 Å². The first kappa shape index (κ1) is 15.0. The lowest BCUT2D eigenvalue weighted by Crippen LogP contribution is -2.30. The zero-order chi connectivity index (χ0) is 15.4. The molecule has 0 unspecified atom stereocenters. The van der Waals surface area contributed by atoms with Crippen molar-refractivity contribution >= 4 is 5.95 Å². The first-order valence-corrected chi connectivity index (χ1v) is 7.99. The van der Waals surface area contributed by atoms with Gasteiger partial charge in [0.25, 0.3) is 0 Å². The third-order valence-electron chi connectivity index (χ3n) is 3.96. The second kappa shape index (κ2) is 6.87. The quantitative estimate of drug-likeness (QED) is 0.881. The molecule has 118 valence electrons. The summed E-state index contributed by atoms with van der Waals surface area (Å²) in [6.45, 7) is 8.02. The van der Waals surface area contributed by atoms with Crippen LogP contribution in [0, 0.1) is 6.92 Å². The van der Waals surface area contributed by atoms with Crippen molar-refractivity contribution in [3.63, 3.8) is 0 Å². The van der Waals surface area contributed by atoms with E-state index >= 15 is 0 Å². The predicted octanol–water partition coefficient (Wildman–Crippen LogP) is 1.76. The highest BCUT2D eigenvalue weighted by atomic mass is 15.3. The van der Waals surface area contributed by atoms with Gasteiger partial charge in [0.15, 0.2) is 0 Å². The molecule has 1 fully saturated rings. The van der Waals surface area contributed by atoms with Crippen LogP contribution < -0.4 is 10.2 Å². The van der Waals surface area contributed by atoms with E-state index < -0.39 is 0 Å². The Hall–Kier alpha value is -1.95. The van der Waals surface area contributed by atoms with E-state index in [1.807, 2.05) is 23.3 Å². The molecule has 1 aliphatic heterocycles. The third-order valence-corrected chi connectivity index (χ3v) is 3.96. The van der Waals surface area contributed by atoms with Gasteiger partial charge in [-0.05, 0) is 32.3 Å². The zero-order valence-electron chi connectivity index (χ0n) is 13.4. The molecule has 1 N–H and O–H groups in total. The monoisotopic (exact) mass is 300 g/mol. The Balaban J connectivity index is 1.48. The zero-order valence-corrected chi connectivity index (χ0v) is 13.4. The van der Waals surface area contributed by atoms with Gasteiger partial charge in [-0.2, -0.15) is 5.10 Å². The molecule has 6 nitrogen and oxygen atoms in total. The molecule has 3 rings (SSSR count). The van der Waals surface area contributed by atoms with E-state index in [1.165, 1.54) is 18.4 Å². The number of nitrogens with zero attached hydrogens (tertiary/aromatic N) is 5. The van der Waals surface area contributed by atoms with Gasteiger partial charge >= 0.3 is 0 Å². The van der Waals surface area contributed by atoms with Crippen molar-refractivity contribution in [1.82, 2.24) is 25.1 Å². The van der Waals surface area contributed by atoms with Crippen molar-refractivity contribution in [3.8, 4) is 0 Å². The standard InChI is InChI=1S/C16H24N6/c1-13-7-20-22(11-13)12-14(2)17-8-15-9-18-16(19-10-15)21-5-3-4-6-21/h7,9-11,14,17H,3-6,8,12H2,1-2H3/t14-/m1/s1. The largest absolute Gasteiger partial charge is 0.341 e. The Morgan fingerprint density at radius 2 is 1.91 bits per heavy atom. The summed E-state index contributed by atoms with van der Waals surface area (Å²) in [6.07, 6.45) is 10.3. The SMILES string of the molecule is Cc1cnn(C[C@@H](C)NCc2cnc(N3CCCC3)nc2)c1. The molecule has 22 heavy (non-hydrogen) atoms. The van der Waals surface area contributed by atoms with Crippen LogP contribution in [0.3, 0.4) is 0 Å². The van der Waals surface area contributed by atoms with Crippen molar-refractivity contribution in [2.45, 2.75) is 45.8 Å². The Morgan fingerprint density at radius 3 is 2.55 bits per heavy atom. The summed E-state index contributed by atoms with van der Waals surface area (Å²) in [4.78, 5) is 11.2. The van der Waals surface area contributed by atoms with Crippen molar-refractivity contribution < 1.29 is 0 Å². The molecule has 0 saturated carbocycles. The molecular formula is C16H24N6. The molecule has 0 aromatic carbocycles. The topological polar surface area (TPSA) is 58.9 Å². The number of nitrogens with one attached hydrogen (secondary N) is 1. The maximum atomic E-state index is 4.48. The smallest absolute Gasteiger partial charge is 0.225 e. The fourth-order valence-electron chi connectivity index (χ4n) is 2.72. The van der Waals surface area contributed by atoms with E-state index in [-0.39, 0.29) is 0 Å². The lowest BCUT2D eigenvalue weighted by molar-refractivity contribution is 0.450. The molecule has 3 heterocycles. The van der Waals surface area contributed by atoms with Gasteiger partial charge < -0.3 is 10.2 Å². The lowest BCUT2D eigenvalue weighted by Gasteiger charge is -2.16. The molecule has 0 spiro atoms. The van der Waals surface area contributed by atoms with E-state index in [0.717, 1.165) is 37.7 Å². The van der Waals surface area contributed by atoms with Crippen molar-refractivity contribution in [2.24, 2.45) is 0 Å². The number of hydrogen-bond donors (Lipinski definition) is 1. The first-order chi connectivity index (χ1) is 10.7. The maximum absolute atomic E-state index is 4.48. The molecule has 1 atom stereocenters. The summed E-state index contributed by atoms with van der Waals surface area (Å²) in [5.74, 6) is 0.862. The van der Waals surface area contributed by atoms with Gasteiger partial charge in [0.05, 0.1) is 12.7 Å². The van der Waals surface area contributed by atoms with Crippen molar-refractivity contribution in [3.05, 3.63) is 35.9 Å². The number of rotatable bonds is 6. The Kier molecular flexibility index (Phi) is 4.68. The fourth-order valence-corrected chi connectivity index (χ4v) is 2.72. The minimum Gasteiger partial charge on any atom is -0.341 e. The molecule has 1 aliphatic rings.